The van der Waals surface area contributed by atoms with Crippen LogP contribution in [0.15, 0.2) is 53.7 Å². The Balaban J connectivity index is 1.48. The van der Waals surface area contributed by atoms with Crippen molar-refractivity contribution < 1.29 is 18.4 Å². The first-order chi connectivity index (χ1) is 12.5. The van der Waals surface area contributed by atoms with Crippen LogP contribution in [-0.2, 0) is 16.1 Å². The van der Waals surface area contributed by atoms with Gasteiger partial charge >= 0.3 is 0 Å². The summed E-state index contributed by atoms with van der Waals surface area (Å²) in [7, 11) is 0. The van der Waals surface area contributed by atoms with E-state index in [2.05, 4.69) is 10.5 Å². The first-order valence-corrected chi connectivity index (χ1v) is 8.50. The van der Waals surface area contributed by atoms with E-state index in [1.165, 1.54) is 24.3 Å². The molecule has 4 nitrogen and oxygen atoms in total. The molecule has 1 atom stereocenters. The Bertz CT molecular complexity index is 821. The summed E-state index contributed by atoms with van der Waals surface area (Å²) in [6.45, 7) is 2.14. The minimum Gasteiger partial charge on any atom is -0.379 e. The molecule has 0 saturated carbocycles. The number of hydrogen-bond donors (Lipinski definition) is 1. The first-order valence-electron chi connectivity index (χ1n) is 8.50. The van der Waals surface area contributed by atoms with Crippen LogP contribution in [0.2, 0.25) is 0 Å². The molecular weight excluding hydrogens is 338 g/mol. The van der Waals surface area contributed by atoms with Gasteiger partial charge in [-0.3, -0.25) is 4.79 Å². The summed E-state index contributed by atoms with van der Waals surface area (Å²) in [5.41, 5.74) is 1.07. The Labute approximate surface area is 150 Å². The summed E-state index contributed by atoms with van der Waals surface area (Å²) in [4.78, 5) is 17.8. The molecule has 0 saturated heterocycles. The Morgan fingerprint density at radius 3 is 2.69 bits per heavy atom. The van der Waals surface area contributed by atoms with E-state index in [4.69, 9.17) is 4.84 Å². The van der Waals surface area contributed by atoms with E-state index in [-0.39, 0.29) is 24.0 Å². The highest BCUT2D eigenvalue weighted by molar-refractivity contribution is 6.05. The lowest BCUT2D eigenvalue weighted by molar-refractivity contribution is -0.141. The Morgan fingerprint density at radius 1 is 1.19 bits per heavy atom. The van der Waals surface area contributed by atoms with E-state index < -0.39 is 5.60 Å². The second-order valence-electron chi connectivity index (χ2n) is 6.53. The Morgan fingerprint density at radius 2 is 1.96 bits per heavy atom. The topological polar surface area (TPSA) is 50.7 Å². The van der Waals surface area contributed by atoms with Gasteiger partial charge in [-0.2, -0.15) is 0 Å². The van der Waals surface area contributed by atoms with Crippen LogP contribution in [0.4, 0.5) is 8.78 Å². The molecule has 1 N–H and O–H groups in total. The van der Waals surface area contributed by atoms with Crippen molar-refractivity contribution in [3.8, 4) is 0 Å². The summed E-state index contributed by atoms with van der Waals surface area (Å²) in [5, 5.41) is 6.80. The smallest absolute Gasteiger partial charge is 0.267 e. The van der Waals surface area contributed by atoms with Crippen LogP contribution in [0.25, 0.3) is 0 Å². The molecule has 6 heteroatoms. The number of oxime groups is 1. The lowest BCUT2D eigenvalue weighted by Gasteiger charge is -2.20. The fourth-order valence-electron chi connectivity index (χ4n) is 2.82. The zero-order chi connectivity index (χ0) is 18.6. The fraction of sp³-hybridized carbons (Fsp3) is 0.300. The molecule has 1 aliphatic heterocycles. The predicted octanol–water partition coefficient (Wildman–Crippen LogP) is 3.60. The van der Waals surface area contributed by atoms with Crippen LogP contribution in [-0.4, -0.2) is 23.8 Å². The third-order valence-corrected chi connectivity index (χ3v) is 4.34. The fourth-order valence-corrected chi connectivity index (χ4v) is 2.82. The quantitative estimate of drug-likeness (QED) is 0.802. The largest absolute Gasteiger partial charge is 0.379 e. The van der Waals surface area contributed by atoms with E-state index in [1.54, 1.807) is 31.2 Å². The molecule has 1 heterocycles. The standard InChI is InChI=1S/C20H20F2N2O2/c1-20(13-18(24-26-20)15-5-2-6-17(22)12-15)19(25)23-11-3-4-14-7-9-16(21)10-8-14/h2,5-10,12H,3-4,11,13H2,1H3,(H,23,25)/t20-/m0/s1. The van der Waals surface area contributed by atoms with E-state index in [9.17, 15) is 13.6 Å². The molecule has 0 radical (unpaired) electrons. The monoisotopic (exact) mass is 358 g/mol. The van der Waals surface area contributed by atoms with Gasteiger partial charge in [0.25, 0.3) is 5.91 Å². The maximum atomic E-state index is 13.3. The molecule has 0 spiro atoms. The van der Waals surface area contributed by atoms with Gasteiger partial charge in [-0.05, 0) is 49.6 Å². The van der Waals surface area contributed by atoms with Gasteiger partial charge in [-0.25, -0.2) is 8.78 Å². The Hall–Kier alpha value is -2.76. The first kappa shape index (κ1) is 18.0. The van der Waals surface area contributed by atoms with Crippen LogP contribution in [0, 0.1) is 11.6 Å². The maximum Gasteiger partial charge on any atom is 0.267 e. The lowest BCUT2D eigenvalue weighted by atomic mass is 9.95. The average Bonchev–Trinajstić information content (AvgIpc) is 3.04. The number of carbonyl (C=O) groups is 1. The number of carbonyl (C=O) groups excluding carboxylic acids is 1. The minimum absolute atomic E-state index is 0.258. The predicted molar refractivity (Wildman–Crippen MR) is 94.8 cm³/mol. The third-order valence-electron chi connectivity index (χ3n) is 4.34. The molecule has 136 valence electrons. The normalized spacial score (nSPS) is 19.0. The maximum absolute atomic E-state index is 13.3. The highest BCUT2D eigenvalue weighted by Crippen LogP contribution is 2.27. The number of benzene rings is 2. The van der Waals surface area contributed by atoms with Crippen molar-refractivity contribution >= 4 is 11.6 Å². The number of rotatable bonds is 6. The molecule has 2 aromatic rings. The minimum atomic E-state index is -1.10. The number of aryl methyl sites for hydroxylation is 1. The van der Waals surface area contributed by atoms with E-state index in [0.29, 0.717) is 17.8 Å². The summed E-state index contributed by atoms with van der Waals surface area (Å²) in [5.74, 6) is -0.877. The number of amides is 1. The Kier molecular flexibility index (Phi) is 5.30. The number of hydrogen-bond acceptors (Lipinski definition) is 3. The van der Waals surface area contributed by atoms with Crippen LogP contribution >= 0.6 is 0 Å². The third kappa shape index (κ3) is 4.25. The van der Waals surface area contributed by atoms with Crippen molar-refractivity contribution in [2.45, 2.75) is 31.8 Å². The zero-order valence-corrected chi connectivity index (χ0v) is 14.5. The summed E-state index contributed by atoms with van der Waals surface area (Å²) in [6, 6.07) is 12.4. The van der Waals surface area contributed by atoms with Crippen molar-refractivity contribution in [1.82, 2.24) is 5.32 Å². The van der Waals surface area contributed by atoms with Crippen LogP contribution < -0.4 is 5.32 Å². The second kappa shape index (κ2) is 7.64. The van der Waals surface area contributed by atoms with Crippen molar-refractivity contribution in [1.29, 1.82) is 0 Å². The van der Waals surface area contributed by atoms with Gasteiger partial charge in [0.2, 0.25) is 5.60 Å². The van der Waals surface area contributed by atoms with E-state index in [1.807, 2.05) is 0 Å². The average molecular weight is 358 g/mol. The number of halogens is 2. The molecule has 2 aromatic carbocycles. The van der Waals surface area contributed by atoms with Gasteiger partial charge in [-0.15, -0.1) is 0 Å². The molecule has 0 unspecified atom stereocenters. The van der Waals surface area contributed by atoms with Crippen LogP contribution in [0.3, 0.4) is 0 Å². The van der Waals surface area contributed by atoms with Gasteiger partial charge < -0.3 is 10.2 Å². The lowest BCUT2D eigenvalue weighted by Crippen LogP contribution is -2.45. The van der Waals surface area contributed by atoms with Gasteiger partial charge in [0.15, 0.2) is 0 Å². The molecule has 26 heavy (non-hydrogen) atoms. The van der Waals surface area contributed by atoms with Crippen LogP contribution in [0.5, 0.6) is 0 Å². The molecule has 0 aliphatic carbocycles. The van der Waals surface area contributed by atoms with Gasteiger partial charge in [0.05, 0.1) is 5.71 Å². The molecule has 0 fully saturated rings. The van der Waals surface area contributed by atoms with Crippen molar-refractivity contribution in [3.63, 3.8) is 0 Å². The van der Waals surface area contributed by atoms with Crippen LogP contribution in [0.1, 0.15) is 30.9 Å². The number of nitrogens with zero attached hydrogens (tertiary/aromatic N) is 1. The summed E-state index contributed by atoms with van der Waals surface area (Å²) >= 11 is 0. The van der Waals surface area contributed by atoms with Gasteiger partial charge in [0.1, 0.15) is 11.6 Å². The number of nitrogens with one attached hydrogen (secondary N) is 1. The zero-order valence-electron chi connectivity index (χ0n) is 14.5. The highest BCUT2D eigenvalue weighted by atomic mass is 19.1. The van der Waals surface area contributed by atoms with Crippen molar-refractivity contribution in [2.75, 3.05) is 6.54 Å². The highest BCUT2D eigenvalue weighted by Gasteiger charge is 2.42. The van der Waals surface area contributed by atoms with Gasteiger partial charge in [-0.1, -0.05) is 29.4 Å². The SMILES string of the molecule is C[C@@]1(C(=O)NCCCc2ccc(F)cc2)CC(c2cccc(F)c2)=NO1. The summed E-state index contributed by atoms with van der Waals surface area (Å²) < 4.78 is 26.2. The molecule has 0 aromatic heterocycles. The van der Waals surface area contributed by atoms with E-state index >= 15 is 0 Å². The second-order valence-corrected chi connectivity index (χ2v) is 6.53. The van der Waals surface area contributed by atoms with Gasteiger partial charge in [0, 0.05) is 18.5 Å². The molecule has 0 bridgehead atoms. The van der Waals surface area contributed by atoms with Crippen molar-refractivity contribution in [2.24, 2.45) is 5.16 Å². The summed E-state index contributed by atoms with van der Waals surface area (Å²) in [6.07, 6.45) is 1.74. The van der Waals surface area contributed by atoms with E-state index in [0.717, 1.165) is 18.4 Å². The molecule has 1 amide bonds. The molecule has 1 aliphatic rings. The molecule has 3 rings (SSSR count). The van der Waals surface area contributed by atoms with Crippen molar-refractivity contribution in [3.05, 3.63) is 71.3 Å². The molecular formula is C20H20F2N2O2.